The third-order valence-electron chi connectivity index (χ3n) is 1.56. The number of carboxylic acid groups (broad SMARTS) is 1. The maximum absolute atomic E-state index is 10.4. The summed E-state index contributed by atoms with van der Waals surface area (Å²) in [5.74, 6) is -0.910. The molecule has 1 aliphatic carbocycles. The van der Waals surface area contributed by atoms with Crippen LogP contribution in [0.4, 0.5) is 0 Å². The first-order valence-corrected chi connectivity index (χ1v) is 2.82. The smallest absolute Gasteiger partial charge is 0.324 e. The second-order valence-corrected chi connectivity index (χ2v) is 2.34. The lowest BCUT2D eigenvalue weighted by molar-refractivity contribution is -0.142. The van der Waals surface area contributed by atoms with Gasteiger partial charge in [-0.1, -0.05) is 12.2 Å². The van der Waals surface area contributed by atoms with E-state index in [-0.39, 0.29) is 12.4 Å². The van der Waals surface area contributed by atoms with Crippen molar-refractivity contribution in [3.63, 3.8) is 0 Å². The van der Waals surface area contributed by atoms with E-state index in [1.54, 1.807) is 12.2 Å². The van der Waals surface area contributed by atoms with Crippen LogP contribution >= 0.6 is 12.4 Å². The van der Waals surface area contributed by atoms with Crippen molar-refractivity contribution in [3.05, 3.63) is 12.2 Å². The van der Waals surface area contributed by atoms with Crippen molar-refractivity contribution >= 4 is 18.4 Å². The van der Waals surface area contributed by atoms with Crippen LogP contribution in [0.1, 0.15) is 12.8 Å². The van der Waals surface area contributed by atoms with Crippen molar-refractivity contribution in [2.75, 3.05) is 0 Å². The number of carboxylic acids is 1. The first kappa shape index (κ1) is 9.46. The molecule has 0 saturated carbocycles. The minimum atomic E-state index is -1.00. The van der Waals surface area contributed by atoms with E-state index in [2.05, 4.69) is 0 Å². The van der Waals surface area contributed by atoms with Gasteiger partial charge in [0.25, 0.3) is 0 Å². The maximum atomic E-state index is 10.4. The molecule has 0 amide bonds. The third-order valence-corrected chi connectivity index (χ3v) is 1.56. The highest BCUT2D eigenvalue weighted by molar-refractivity contribution is 5.85. The summed E-state index contributed by atoms with van der Waals surface area (Å²) in [5.41, 5.74) is 4.44. The Hall–Kier alpha value is -0.540. The standard InChI is InChI=1S/C6H9NO2.ClH/c7-6(5(8)9)3-1-2-4-6;/h1-2H,3-4,7H2,(H,8,9);1H. The third kappa shape index (κ3) is 1.49. The van der Waals surface area contributed by atoms with E-state index < -0.39 is 11.5 Å². The average Bonchev–Trinajstić information content (AvgIpc) is 2.16. The van der Waals surface area contributed by atoms with Crippen LogP contribution < -0.4 is 5.73 Å². The molecule has 0 aromatic carbocycles. The van der Waals surface area contributed by atoms with E-state index in [4.69, 9.17) is 10.8 Å². The maximum Gasteiger partial charge on any atom is 0.324 e. The molecule has 0 aromatic heterocycles. The van der Waals surface area contributed by atoms with E-state index >= 15 is 0 Å². The number of carbonyl (C=O) groups is 1. The summed E-state index contributed by atoms with van der Waals surface area (Å²) in [6.07, 6.45) is 4.52. The molecule has 58 valence electrons. The molecule has 0 saturated heterocycles. The van der Waals surface area contributed by atoms with Gasteiger partial charge in [-0.2, -0.15) is 0 Å². The fourth-order valence-corrected chi connectivity index (χ4v) is 0.845. The molecular formula is C6H10ClNO2. The minimum absolute atomic E-state index is 0. The molecule has 3 nitrogen and oxygen atoms in total. The molecule has 0 bridgehead atoms. The average molecular weight is 164 g/mol. The molecule has 0 fully saturated rings. The van der Waals surface area contributed by atoms with Gasteiger partial charge in [0.2, 0.25) is 0 Å². The van der Waals surface area contributed by atoms with Crippen LogP contribution in [0.15, 0.2) is 12.2 Å². The fourth-order valence-electron chi connectivity index (χ4n) is 0.845. The molecule has 3 N–H and O–H groups in total. The van der Waals surface area contributed by atoms with Crippen molar-refractivity contribution in [2.24, 2.45) is 5.73 Å². The Balaban J connectivity index is 0.000000810. The van der Waals surface area contributed by atoms with Gasteiger partial charge < -0.3 is 10.8 Å². The zero-order chi connectivity index (χ0) is 6.91. The Kier molecular flexibility index (Phi) is 2.87. The molecule has 0 unspecified atom stereocenters. The van der Waals surface area contributed by atoms with Crippen LogP contribution in [0.5, 0.6) is 0 Å². The van der Waals surface area contributed by atoms with Crippen LogP contribution in [0.2, 0.25) is 0 Å². The molecule has 4 heteroatoms. The number of hydrogen-bond donors (Lipinski definition) is 2. The largest absolute Gasteiger partial charge is 0.480 e. The quantitative estimate of drug-likeness (QED) is 0.555. The molecule has 0 heterocycles. The van der Waals surface area contributed by atoms with Crippen LogP contribution in [0.25, 0.3) is 0 Å². The topological polar surface area (TPSA) is 63.3 Å². The van der Waals surface area contributed by atoms with Gasteiger partial charge >= 0.3 is 5.97 Å². The molecule has 0 atom stereocenters. The summed E-state index contributed by atoms with van der Waals surface area (Å²) in [7, 11) is 0. The number of hydrogen-bond acceptors (Lipinski definition) is 2. The summed E-state index contributed by atoms with van der Waals surface area (Å²) >= 11 is 0. The van der Waals surface area contributed by atoms with Gasteiger partial charge in [-0.25, -0.2) is 0 Å². The Morgan fingerprint density at radius 3 is 2.10 bits per heavy atom. The lowest BCUT2D eigenvalue weighted by atomic mass is 9.99. The molecule has 0 spiro atoms. The molecule has 0 radical (unpaired) electrons. The monoisotopic (exact) mass is 163 g/mol. The second kappa shape index (κ2) is 3.03. The van der Waals surface area contributed by atoms with Crippen molar-refractivity contribution in [2.45, 2.75) is 18.4 Å². The SMILES string of the molecule is Cl.NC1(C(=O)O)CC=CC1. The number of aliphatic carboxylic acids is 1. The van der Waals surface area contributed by atoms with E-state index in [0.29, 0.717) is 12.8 Å². The van der Waals surface area contributed by atoms with Crippen LogP contribution in [-0.2, 0) is 4.79 Å². The molecule has 10 heavy (non-hydrogen) atoms. The van der Waals surface area contributed by atoms with Gasteiger partial charge in [0.1, 0.15) is 5.54 Å². The first-order chi connectivity index (χ1) is 4.15. The van der Waals surface area contributed by atoms with Crippen molar-refractivity contribution < 1.29 is 9.90 Å². The zero-order valence-corrected chi connectivity index (χ0v) is 6.23. The van der Waals surface area contributed by atoms with E-state index in [9.17, 15) is 4.79 Å². The van der Waals surface area contributed by atoms with E-state index in [1.807, 2.05) is 0 Å². The number of halogens is 1. The van der Waals surface area contributed by atoms with Crippen molar-refractivity contribution in [3.8, 4) is 0 Å². The summed E-state index contributed by atoms with van der Waals surface area (Å²) in [6, 6.07) is 0. The molecule has 0 aromatic rings. The first-order valence-electron chi connectivity index (χ1n) is 2.82. The van der Waals surface area contributed by atoms with Gasteiger partial charge in [-0.3, -0.25) is 4.79 Å². The van der Waals surface area contributed by atoms with Gasteiger partial charge in [-0.15, -0.1) is 12.4 Å². The molecule has 1 aliphatic rings. The lowest BCUT2D eigenvalue weighted by Gasteiger charge is -2.15. The number of nitrogens with two attached hydrogens (primary N) is 1. The fraction of sp³-hybridized carbons (Fsp3) is 0.500. The van der Waals surface area contributed by atoms with Gasteiger partial charge in [0, 0.05) is 0 Å². The van der Waals surface area contributed by atoms with Gasteiger partial charge in [0.15, 0.2) is 0 Å². The highest BCUT2D eigenvalue weighted by Crippen LogP contribution is 2.20. The van der Waals surface area contributed by atoms with E-state index in [0.717, 1.165) is 0 Å². The predicted molar refractivity (Wildman–Crippen MR) is 40.2 cm³/mol. The Labute approximate surface area is 65.3 Å². The van der Waals surface area contributed by atoms with Crippen molar-refractivity contribution in [1.29, 1.82) is 0 Å². The summed E-state index contributed by atoms with van der Waals surface area (Å²) in [4.78, 5) is 10.4. The highest BCUT2D eigenvalue weighted by Gasteiger charge is 2.33. The Morgan fingerprint density at radius 1 is 1.50 bits per heavy atom. The summed E-state index contributed by atoms with van der Waals surface area (Å²) in [6.45, 7) is 0. The summed E-state index contributed by atoms with van der Waals surface area (Å²) in [5, 5.41) is 8.51. The van der Waals surface area contributed by atoms with Crippen molar-refractivity contribution in [1.82, 2.24) is 0 Å². The zero-order valence-electron chi connectivity index (χ0n) is 5.41. The highest BCUT2D eigenvalue weighted by atomic mass is 35.5. The van der Waals surface area contributed by atoms with Gasteiger partial charge in [-0.05, 0) is 12.8 Å². The van der Waals surface area contributed by atoms with Crippen LogP contribution in [0, 0.1) is 0 Å². The molecular weight excluding hydrogens is 154 g/mol. The Morgan fingerprint density at radius 2 is 1.90 bits per heavy atom. The molecule has 0 aliphatic heterocycles. The number of rotatable bonds is 1. The van der Waals surface area contributed by atoms with Crippen LogP contribution in [-0.4, -0.2) is 16.6 Å². The van der Waals surface area contributed by atoms with Crippen LogP contribution in [0.3, 0.4) is 0 Å². The van der Waals surface area contributed by atoms with E-state index in [1.165, 1.54) is 0 Å². The lowest BCUT2D eigenvalue weighted by Crippen LogP contribution is -2.45. The minimum Gasteiger partial charge on any atom is -0.480 e. The second-order valence-electron chi connectivity index (χ2n) is 2.34. The Bertz CT molecular complexity index is 159. The predicted octanol–water partition coefficient (Wildman–Crippen LogP) is 0.540. The van der Waals surface area contributed by atoms with Gasteiger partial charge in [0.05, 0.1) is 0 Å². The summed E-state index contributed by atoms with van der Waals surface area (Å²) < 4.78 is 0. The normalized spacial score (nSPS) is 20.1. The molecule has 1 rings (SSSR count).